The average molecular weight is 208 g/mol. The molecule has 0 saturated heterocycles. The topological polar surface area (TPSA) is 24.9 Å². The van der Waals surface area contributed by atoms with E-state index >= 15 is 0 Å². The Balaban J connectivity index is 0.000000461. The van der Waals surface area contributed by atoms with E-state index in [1.807, 2.05) is 27.8 Å². The van der Waals surface area contributed by atoms with Crippen LogP contribution in [0.4, 0.5) is 5.69 Å². The number of nitrogens with one attached hydrogen (secondary N) is 1. The number of nitrogens with zero attached hydrogens (tertiary/aromatic N) is 1. The van der Waals surface area contributed by atoms with E-state index in [0.29, 0.717) is 0 Å². The molecule has 0 radical (unpaired) electrons. The van der Waals surface area contributed by atoms with Crippen molar-refractivity contribution < 1.29 is 0 Å². The Morgan fingerprint density at radius 3 is 2.64 bits per heavy atom. The monoisotopic (exact) mass is 208 g/mol. The summed E-state index contributed by atoms with van der Waals surface area (Å²) < 4.78 is 1.26. The van der Waals surface area contributed by atoms with E-state index in [4.69, 9.17) is 0 Å². The van der Waals surface area contributed by atoms with Crippen molar-refractivity contribution in [1.29, 1.82) is 0 Å². The van der Waals surface area contributed by atoms with Gasteiger partial charge in [0.25, 0.3) is 0 Å². The lowest BCUT2D eigenvalue weighted by Crippen LogP contribution is -1.85. The molecule has 0 bridgehead atoms. The molecule has 1 aromatic heterocycles. The number of benzene rings is 1. The lowest BCUT2D eigenvalue weighted by molar-refractivity contribution is 1.34. The molecule has 2 rings (SSSR count). The molecule has 76 valence electrons. The van der Waals surface area contributed by atoms with Crippen LogP contribution in [0.2, 0.25) is 0 Å². The Kier molecular flexibility index (Phi) is 3.89. The smallest absolute Gasteiger partial charge is 0.0907 e. The Morgan fingerprint density at radius 1 is 1.29 bits per heavy atom. The Morgan fingerprint density at radius 2 is 2.00 bits per heavy atom. The summed E-state index contributed by atoms with van der Waals surface area (Å²) in [5.41, 5.74) is 2.21. The summed E-state index contributed by atoms with van der Waals surface area (Å²) >= 11 is 1.73. The summed E-state index contributed by atoms with van der Waals surface area (Å²) in [5.74, 6) is 0. The Bertz CT molecular complexity index is 407. The molecule has 14 heavy (non-hydrogen) atoms. The maximum atomic E-state index is 4.40. The first-order valence-corrected chi connectivity index (χ1v) is 5.66. The van der Waals surface area contributed by atoms with Gasteiger partial charge in [-0.25, -0.2) is 4.98 Å². The van der Waals surface area contributed by atoms with E-state index in [1.165, 1.54) is 4.70 Å². The predicted molar refractivity (Wildman–Crippen MR) is 65.3 cm³/mol. The Labute approximate surface area is 89.0 Å². The van der Waals surface area contributed by atoms with E-state index in [1.54, 1.807) is 11.3 Å². The zero-order valence-electron chi connectivity index (χ0n) is 9.09. The molecule has 0 saturated carbocycles. The van der Waals surface area contributed by atoms with Crippen LogP contribution in [-0.4, -0.2) is 12.0 Å². The molecular formula is C11H16N2S. The van der Waals surface area contributed by atoms with Crippen LogP contribution in [0.15, 0.2) is 18.2 Å². The molecule has 0 aliphatic carbocycles. The van der Waals surface area contributed by atoms with Gasteiger partial charge in [-0.05, 0) is 25.1 Å². The summed E-state index contributed by atoms with van der Waals surface area (Å²) in [6.45, 7) is 6.03. The standard InChI is InChI=1S/C9H10N2S.C2H6/c1-6-11-8-5-7(10-2)3-4-9(8)12-6;1-2/h3-5,10H,1-2H3;1-2H3. The van der Waals surface area contributed by atoms with Crippen molar-refractivity contribution in [1.82, 2.24) is 4.98 Å². The summed E-state index contributed by atoms with van der Waals surface area (Å²) in [6, 6.07) is 6.24. The third-order valence-corrected chi connectivity index (χ3v) is 2.74. The number of anilines is 1. The van der Waals surface area contributed by atoms with Crippen LogP contribution in [0.5, 0.6) is 0 Å². The summed E-state index contributed by atoms with van der Waals surface area (Å²) in [4.78, 5) is 4.40. The van der Waals surface area contributed by atoms with Gasteiger partial charge in [0.15, 0.2) is 0 Å². The van der Waals surface area contributed by atoms with Crippen LogP contribution in [0.3, 0.4) is 0 Å². The van der Waals surface area contributed by atoms with Crippen molar-refractivity contribution in [3.05, 3.63) is 23.2 Å². The first kappa shape index (κ1) is 11.0. The second-order valence-electron chi connectivity index (χ2n) is 2.67. The van der Waals surface area contributed by atoms with Crippen molar-refractivity contribution in [2.75, 3.05) is 12.4 Å². The van der Waals surface area contributed by atoms with Crippen molar-refractivity contribution >= 4 is 27.2 Å². The number of rotatable bonds is 1. The molecule has 0 amide bonds. The van der Waals surface area contributed by atoms with E-state index in [-0.39, 0.29) is 0 Å². The summed E-state index contributed by atoms with van der Waals surface area (Å²) in [7, 11) is 1.92. The maximum absolute atomic E-state index is 4.40. The minimum absolute atomic E-state index is 1.09. The molecule has 2 aromatic rings. The molecule has 3 heteroatoms. The zero-order valence-corrected chi connectivity index (χ0v) is 9.90. The molecule has 0 atom stereocenters. The SMILES string of the molecule is CC.CNc1ccc2sc(C)nc2c1. The van der Waals surface area contributed by atoms with Crippen molar-refractivity contribution in [3.8, 4) is 0 Å². The number of aryl methyl sites for hydroxylation is 1. The molecule has 0 fully saturated rings. The van der Waals surface area contributed by atoms with Crippen LogP contribution >= 0.6 is 11.3 Å². The van der Waals surface area contributed by atoms with Crippen molar-refractivity contribution in [2.45, 2.75) is 20.8 Å². The highest BCUT2D eigenvalue weighted by atomic mass is 32.1. The van der Waals surface area contributed by atoms with Crippen LogP contribution < -0.4 is 5.32 Å². The van der Waals surface area contributed by atoms with E-state index in [2.05, 4.69) is 28.5 Å². The first-order chi connectivity index (χ1) is 6.79. The highest BCUT2D eigenvalue weighted by Crippen LogP contribution is 2.23. The van der Waals surface area contributed by atoms with Gasteiger partial charge in [0.1, 0.15) is 0 Å². The second kappa shape index (κ2) is 4.96. The van der Waals surface area contributed by atoms with Gasteiger partial charge in [-0.3, -0.25) is 0 Å². The van der Waals surface area contributed by atoms with E-state index in [0.717, 1.165) is 16.2 Å². The summed E-state index contributed by atoms with van der Waals surface area (Å²) in [5, 5.41) is 4.22. The lowest BCUT2D eigenvalue weighted by atomic mass is 10.3. The maximum Gasteiger partial charge on any atom is 0.0907 e. The van der Waals surface area contributed by atoms with Gasteiger partial charge in [-0.1, -0.05) is 13.8 Å². The lowest BCUT2D eigenvalue weighted by Gasteiger charge is -1.96. The van der Waals surface area contributed by atoms with Crippen LogP contribution in [0.1, 0.15) is 18.9 Å². The predicted octanol–water partition coefficient (Wildman–Crippen LogP) is 3.67. The molecule has 2 nitrogen and oxygen atoms in total. The number of hydrogen-bond donors (Lipinski definition) is 1. The molecular weight excluding hydrogens is 192 g/mol. The quantitative estimate of drug-likeness (QED) is 0.773. The van der Waals surface area contributed by atoms with Gasteiger partial charge in [0.05, 0.1) is 15.2 Å². The number of hydrogen-bond acceptors (Lipinski definition) is 3. The second-order valence-corrected chi connectivity index (χ2v) is 3.90. The average Bonchev–Trinajstić information content (AvgIpc) is 2.59. The first-order valence-electron chi connectivity index (χ1n) is 4.84. The van der Waals surface area contributed by atoms with Crippen LogP contribution in [0.25, 0.3) is 10.2 Å². The third-order valence-electron chi connectivity index (χ3n) is 1.78. The van der Waals surface area contributed by atoms with Crippen LogP contribution in [0, 0.1) is 6.92 Å². The van der Waals surface area contributed by atoms with Gasteiger partial charge in [-0.15, -0.1) is 11.3 Å². The highest BCUT2D eigenvalue weighted by Gasteiger charge is 1.99. The van der Waals surface area contributed by atoms with Gasteiger partial charge in [0.2, 0.25) is 0 Å². The number of aromatic nitrogens is 1. The summed E-state index contributed by atoms with van der Waals surface area (Å²) in [6.07, 6.45) is 0. The van der Waals surface area contributed by atoms with Gasteiger partial charge < -0.3 is 5.32 Å². The third kappa shape index (κ3) is 2.23. The molecule has 1 aromatic carbocycles. The molecule has 1 N–H and O–H groups in total. The largest absolute Gasteiger partial charge is 0.388 e. The normalized spacial score (nSPS) is 9.43. The molecule has 0 aliphatic rings. The van der Waals surface area contributed by atoms with E-state index < -0.39 is 0 Å². The molecule has 0 spiro atoms. The van der Waals surface area contributed by atoms with E-state index in [9.17, 15) is 0 Å². The fraction of sp³-hybridized carbons (Fsp3) is 0.364. The van der Waals surface area contributed by atoms with Crippen LogP contribution in [-0.2, 0) is 0 Å². The molecule has 0 unspecified atom stereocenters. The molecule has 1 heterocycles. The van der Waals surface area contributed by atoms with Gasteiger partial charge in [0, 0.05) is 12.7 Å². The minimum Gasteiger partial charge on any atom is -0.388 e. The molecule has 0 aliphatic heterocycles. The fourth-order valence-corrected chi connectivity index (χ4v) is 2.01. The minimum atomic E-state index is 1.09. The number of thiazole rings is 1. The zero-order chi connectivity index (χ0) is 10.6. The van der Waals surface area contributed by atoms with Gasteiger partial charge in [-0.2, -0.15) is 0 Å². The van der Waals surface area contributed by atoms with Crippen molar-refractivity contribution in [3.63, 3.8) is 0 Å². The van der Waals surface area contributed by atoms with Gasteiger partial charge >= 0.3 is 0 Å². The highest BCUT2D eigenvalue weighted by molar-refractivity contribution is 7.18. The Hall–Kier alpha value is -1.09. The van der Waals surface area contributed by atoms with Crippen molar-refractivity contribution in [2.24, 2.45) is 0 Å². The number of fused-ring (bicyclic) bond motifs is 1. The fourth-order valence-electron chi connectivity index (χ4n) is 1.20.